The summed E-state index contributed by atoms with van der Waals surface area (Å²) in [6, 6.07) is 8.80. The Kier molecular flexibility index (Phi) is 5.86. The molecule has 3 heteroatoms. The summed E-state index contributed by atoms with van der Waals surface area (Å²) in [6.45, 7) is 6.01. The summed E-state index contributed by atoms with van der Waals surface area (Å²) in [4.78, 5) is 3.25. The van der Waals surface area contributed by atoms with E-state index in [1.54, 1.807) is 0 Å². The average molecular weight is 307 g/mol. The number of benzene rings is 1. The van der Waals surface area contributed by atoms with Gasteiger partial charge in [0.1, 0.15) is 12.4 Å². The summed E-state index contributed by atoms with van der Waals surface area (Å²) < 4.78 is 2.02. The van der Waals surface area contributed by atoms with E-state index in [1.807, 2.05) is 23.2 Å². The highest BCUT2D eigenvalue weighted by Gasteiger charge is 2.08. The fourth-order valence-corrected chi connectivity index (χ4v) is 2.07. The highest BCUT2D eigenvalue weighted by Crippen LogP contribution is 2.10. The fraction of sp³-hybridized carbons (Fsp3) is 0.267. The van der Waals surface area contributed by atoms with Gasteiger partial charge in [0, 0.05) is 0 Å². The number of aryl methyl sites for hydroxylation is 1. The molecule has 0 saturated carbocycles. The molecular weight excluding hydrogens is 288 g/mol. The van der Waals surface area contributed by atoms with Crippen LogP contribution in [0.25, 0.3) is 6.20 Å². The first kappa shape index (κ1) is 14.7. The molecule has 0 bridgehead atoms. The molecule has 0 saturated heterocycles. The summed E-state index contributed by atoms with van der Waals surface area (Å²) >= 11 is 0. The zero-order chi connectivity index (χ0) is 12.1. The second-order valence-corrected chi connectivity index (χ2v) is 4.24. The molecule has 0 aliphatic heterocycles. The van der Waals surface area contributed by atoms with Crippen molar-refractivity contribution < 1.29 is 21.5 Å². The SMILES string of the molecule is C=C[n+]1cc[nH]c1Cc1cccc(CCC)c1.[Br-]. The molecule has 1 aromatic heterocycles. The Morgan fingerprint density at radius 1 is 1.33 bits per heavy atom. The monoisotopic (exact) mass is 306 g/mol. The zero-order valence-electron chi connectivity index (χ0n) is 10.7. The van der Waals surface area contributed by atoms with Crippen molar-refractivity contribution in [3.63, 3.8) is 0 Å². The van der Waals surface area contributed by atoms with Gasteiger partial charge in [-0.15, -0.1) is 0 Å². The topological polar surface area (TPSA) is 19.7 Å². The first-order chi connectivity index (χ1) is 8.33. The fourth-order valence-electron chi connectivity index (χ4n) is 2.07. The van der Waals surface area contributed by atoms with Crippen molar-refractivity contribution in [3.05, 3.63) is 60.2 Å². The van der Waals surface area contributed by atoms with Crippen LogP contribution in [0.1, 0.15) is 30.3 Å². The number of hydrogen-bond acceptors (Lipinski definition) is 0. The molecule has 18 heavy (non-hydrogen) atoms. The first-order valence-electron chi connectivity index (χ1n) is 6.11. The summed E-state index contributed by atoms with van der Waals surface area (Å²) in [7, 11) is 0. The van der Waals surface area contributed by atoms with Gasteiger partial charge in [-0.3, -0.25) is 0 Å². The molecule has 0 atom stereocenters. The van der Waals surface area contributed by atoms with Gasteiger partial charge in [0.15, 0.2) is 0 Å². The third-order valence-electron chi connectivity index (χ3n) is 2.90. The van der Waals surface area contributed by atoms with Crippen LogP contribution in [0.3, 0.4) is 0 Å². The normalized spacial score (nSPS) is 9.83. The number of nitrogens with zero attached hydrogens (tertiary/aromatic N) is 1. The number of aromatic nitrogens is 2. The lowest BCUT2D eigenvalue weighted by atomic mass is 10.0. The van der Waals surface area contributed by atoms with Crippen LogP contribution in [0, 0.1) is 0 Å². The van der Waals surface area contributed by atoms with Crippen molar-refractivity contribution in [2.45, 2.75) is 26.2 Å². The predicted octanol–water partition coefficient (Wildman–Crippen LogP) is -0.0500. The standard InChI is InChI=1S/C15H18N2.BrH/c1-3-6-13-7-5-8-14(11-13)12-15-16-9-10-17(15)4-2;/h4-5,7-11H,2-3,6,12H2,1H3;1H. The maximum Gasteiger partial charge on any atom is 0.263 e. The molecule has 0 aliphatic rings. The van der Waals surface area contributed by atoms with Gasteiger partial charge >= 0.3 is 0 Å². The van der Waals surface area contributed by atoms with E-state index >= 15 is 0 Å². The molecule has 0 fully saturated rings. The number of aromatic amines is 1. The predicted molar refractivity (Wildman–Crippen MR) is 70.6 cm³/mol. The molecule has 96 valence electrons. The van der Waals surface area contributed by atoms with Crippen LogP contribution in [0.2, 0.25) is 0 Å². The van der Waals surface area contributed by atoms with Gasteiger partial charge in [-0.2, -0.15) is 0 Å². The maximum absolute atomic E-state index is 3.80. The molecule has 2 rings (SSSR count). The molecular formula is C15H19BrN2. The van der Waals surface area contributed by atoms with E-state index in [2.05, 4.69) is 42.8 Å². The lowest BCUT2D eigenvalue weighted by molar-refractivity contribution is -0.575. The lowest BCUT2D eigenvalue weighted by Gasteiger charge is -2.02. The Labute approximate surface area is 119 Å². The van der Waals surface area contributed by atoms with Crippen molar-refractivity contribution in [1.82, 2.24) is 4.98 Å². The zero-order valence-corrected chi connectivity index (χ0v) is 12.3. The Hall–Kier alpha value is -1.35. The quantitative estimate of drug-likeness (QED) is 0.748. The molecule has 0 spiro atoms. The van der Waals surface area contributed by atoms with E-state index in [1.165, 1.54) is 17.5 Å². The number of nitrogens with one attached hydrogen (secondary N) is 1. The van der Waals surface area contributed by atoms with E-state index < -0.39 is 0 Å². The van der Waals surface area contributed by atoms with Gasteiger partial charge in [0.2, 0.25) is 0 Å². The Morgan fingerprint density at radius 3 is 2.83 bits per heavy atom. The number of H-pyrrole nitrogens is 1. The van der Waals surface area contributed by atoms with Gasteiger partial charge in [0.05, 0.1) is 12.6 Å². The summed E-state index contributed by atoms with van der Waals surface area (Å²) in [5.41, 5.74) is 2.76. The van der Waals surface area contributed by atoms with E-state index in [9.17, 15) is 0 Å². The third kappa shape index (κ3) is 3.57. The highest BCUT2D eigenvalue weighted by molar-refractivity contribution is 5.25. The van der Waals surface area contributed by atoms with E-state index in [0.29, 0.717) is 0 Å². The van der Waals surface area contributed by atoms with Crippen LogP contribution in [0.5, 0.6) is 0 Å². The number of rotatable bonds is 5. The minimum atomic E-state index is 0. The van der Waals surface area contributed by atoms with Crippen molar-refractivity contribution in [2.24, 2.45) is 0 Å². The molecule has 1 N–H and O–H groups in total. The molecule has 2 aromatic rings. The van der Waals surface area contributed by atoms with Crippen LogP contribution in [0.4, 0.5) is 0 Å². The number of hydrogen-bond donors (Lipinski definition) is 1. The van der Waals surface area contributed by atoms with Crippen molar-refractivity contribution in [2.75, 3.05) is 0 Å². The van der Waals surface area contributed by atoms with Crippen molar-refractivity contribution in [1.29, 1.82) is 0 Å². The molecule has 2 nitrogen and oxygen atoms in total. The Balaban J connectivity index is 0.00000162. The summed E-state index contributed by atoms with van der Waals surface area (Å²) in [5.74, 6) is 1.16. The lowest BCUT2D eigenvalue weighted by Crippen LogP contribution is -3.00. The molecule has 1 aromatic carbocycles. The maximum atomic E-state index is 3.80. The van der Waals surface area contributed by atoms with Crippen LogP contribution < -0.4 is 21.5 Å². The Morgan fingerprint density at radius 2 is 2.11 bits per heavy atom. The minimum absolute atomic E-state index is 0. The molecule has 0 radical (unpaired) electrons. The van der Waals surface area contributed by atoms with Gasteiger partial charge in [0.25, 0.3) is 5.82 Å². The number of halogens is 1. The molecule has 0 amide bonds. The van der Waals surface area contributed by atoms with Crippen molar-refractivity contribution in [3.8, 4) is 0 Å². The largest absolute Gasteiger partial charge is 1.00 e. The second-order valence-electron chi connectivity index (χ2n) is 4.24. The minimum Gasteiger partial charge on any atom is -1.00 e. The Bertz CT molecular complexity index is 503. The van der Waals surface area contributed by atoms with Gasteiger partial charge < -0.3 is 17.0 Å². The van der Waals surface area contributed by atoms with Gasteiger partial charge in [-0.25, -0.2) is 9.55 Å². The highest BCUT2D eigenvalue weighted by atomic mass is 79.9. The summed E-state index contributed by atoms with van der Waals surface area (Å²) in [6.07, 6.45) is 9.00. The van der Waals surface area contributed by atoms with Crippen LogP contribution >= 0.6 is 0 Å². The van der Waals surface area contributed by atoms with E-state index in [4.69, 9.17) is 0 Å². The van der Waals surface area contributed by atoms with Crippen molar-refractivity contribution >= 4 is 6.20 Å². The van der Waals surface area contributed by atoms with E-state index in [0.717, 1.165) is 18.7 Å². The van der Waals surface area contributed by atoms with E-state index in [-0.39, 0.29) is 17.0 Å². The first-order valence-corrected chi connectivity index (χ1v) is 6.11. The third-order valence-corrected chi connectivity index (χ3v) is 2.90. The molecule has 0 aliphatic carbocycles. The van der Waals surface area contributed by atoms with Gasteiger partial charge in [-0.05, 0) is 17.5 Å². The summed E-state index contributed by atoms with van der Waals surface area (Å²) in [5, 5.41) is 0. The average Bonchev–Trinajstić information content (AvgIpc) is 2.77. The van der Waals surface area contributed by atoms with Crippen LogP contribution in [-0.4, -0.2) is 4.98 Å². The van der Waals surface area contributed by atoms with Gasteiger partial charge in [-0.1, -0.05) is 44.2 Å². The van der Waals surface area contributed by atoms with Crippen LogP contribution in [0.15, 0.2) is 43.2 Å². The molecule has 0 unspecified atom stereocenters. The smallest absolute Gasteiger partial charge is 0.263 e. The van der Waals surface area contributed by atoms with Crippen LogP contribution in [-0.2, 0) is 12.8 Å². The molecule has 1 heterocycles. The number of imidazole rings is 1. The second kappa shape index (κ2) is 7.17.